The molecule has 0 saturated carbocycles. The van der Waals surface area contributed by atoms with E-state index >= 15 is 0 Å². The first-order chi connectivity index (χ1) is 12.0. The minimum absolute atomic E-state index is 0.120. The van der Waals surface area contributed by atoms with Crippen LogP contribution in [0.2, 0.25) is 0 Å². The van der Waals surface area contributed by atoms with Crippen molar-refractivity contribution < 1.29 is 12.6 Å². The van der Waals surface area contributed by atoms with E-state index in [0.29, 0.717) is 11.2 Å². The van der Waals surface area contributed by atoms with Crippen molar-refractivity contribution in [1.29, 1.82) is 0 Å². The summed E-state index contributed by atoms with van der Waals surface area (Å²) in [5.41, 5.74) is 2.88. The molecule has 25 heavy (non-hydrogen) atoms. The number of nitrogens with zero attached hydrogens (tertiary/aromatic N) is 4. The Morgan fingerprint density at radius 1 is 1.08 bits per heavy atom. The van der Waals surface area contributed by atoms with E-state index in [1.165, 1.54) is 12.1 Å². The molecule has 7 nitrogen and oxygen atoms in total. The molecule has 0 N–H and O–H groups in total. The van der Waals surface area contributed by atoms with Gasteiger partial charge in [-0.1, -0.05) is 35.9 Å². The molecule has 0 bridgehead atoms. The van der Waals surface area contributed by atoms with E-state index in [0.717, 1.165) is 16.5 Å². The van der Waals surface area contributed by atoms with Gasteiger partial charge in [0.15, 0.2) is 5.65 Å². The maximum atomic E-state index is 12.4. The Kier molecular flexibility index (Phi) is 3.70. The van der Waals surface area contributed by atoms with Gasteiger partial charge >= 0.3 is 0 Å². The first-order valence-electron chi connectivity index (χ1n) is 7.59. The summed E-state index contributed by atoms with van der Waals surface area (Å²) in [6.07, 6.45) is 0. The summed E-state index contributed by atoms with van der Waals surface area (Å²) in [4.78, 5) is 0.120. The lowest BCUT2D eigenvalue weighted by atomic mass is 10.1. The van der Waals surface area contributed by atoms with E-state index in [2.05, 4.69) is 15.5 Å². The topological polar surface area (TPSA) is 86.5 Å². The van der Waals surface area contributed by atoms with Gasteiger partial charge in [0.1, 0.15) is 0 Å². The molecule has 0 spiro atoms. The van der Waals surface area contributed by atoms with Crippen LogP contribution in [-0.4, -0.2) is 28.5 Å². The van der Waals surface area contributed by atoms with Crippen molar-refractivity contribution in [3.63, 3.8) is 0 Å². The van der Waals surface area contributed by atoms with Crippen molar-refractivity contribution in [3.8, 4) is 0 Å². The highest BCUT2D eigenvalue weighted by Gasteiger charge is 2.17. The molecule has 0 aliphatic carbocycles. The first kappa shape index (κ1) is 15.7. The first-order valence-corrected chi connectivity index (χ1v) is 9.00. The van der Waals surface area contributed by atoms with E-state index in [4.69, 9.17) is 4.18 Å². The quantitative estimate of drug-likeness (QED) is 0.523. The molecule has 0 atom stereocenters. The number of fused-ring (bicyclic) bond motifs is 3. The van der Waals surface area contributed by atoms with E-state index in [1.54, 1.807) is 16.6 Å². The summed E-state index contributed by atoms with van der Waals surface area (Å²) in [5, 5.41) is 12.5. The molecule has 4 rings (SSSR count). The fourth-order valence-corrected chi connectivity index (χ4v) is 3.51. The summed E-state index contributed by atoms with van der Waals surface area (Å²) in [6, 6.07) is 15.9. The Hall–Kier alpha value is -2.84. The smallest absolute Gasteiger partial charge is 0.261 e. The van der Waals surface area contributed by atoms with E-state index in [-0.39, 0.29) is 11.5 Å². The molecule has 2 aromatic heterocycles. The van der Waals surface area contributed by atoms with Gasteiger partial charge < -0.3 is 0 Å². The Bertz CT molecular complexity index is 1170. The van der Waals surface area contributed by atoms with Crippen LogP contribution in [0, 0.1) is 6.92 Å². The highest BCUT2D eigenvalue weighted by atomic mass is 32.2. The van der Waals surface area contributed by atoms with Crippen molar-refractivity contribution in [2.24, 2.45) is 0 Å². The molecule has 0 radical (unpaired) electrons. The Balaban J connectivity index is 1.70. The van der Waals surface area contributed by atoms with Crippen LogP contribution < -0.4 is 0 Å². The minimum atomic E-state index is -3.86. The van der Waals surface area contributed by atoms with Crippen LogP contribution in [0.25, 0.3) is 16.6 Å². The highest BCUT2D eigenvalue weighted by Crippen LogP contribution is 2.21. The van der Waals surface area contributed by atoms with E-state index < -0.39 is 10.1 Å². The van der Waals surface area contributed by atoms with Crippen molar-refractivity contribution >= 4 is 26.7 Å². The van der Waals surface area contributed by atoms with Gasteiger partial charge in [0.25, 0.3) is 10.1 Å². The maximum absolute atomic E-state index is 12.4. The third-order valence-electron chi connectivity index (χ3n) is 3.93. The fourth-order valence-electron chi connectivity index (χ4n) is 2.62. The average Bonchev–Trinajstić information content (AvgIpc) is 3.10. The molecule has 2 heterocycles. The molecule has 0 aliphatic rings. The van der Waals surface area contributed by atoms with Crippen molar-refractivity contribution in [3.05, 3.63) is 65.7 Å². The third-order valence-corrected chi connectivity index (χ3v) is 5.21. The SMILES string of the molecule is Cc1ccc(S(=O)(=O)OCc2cc3ccccc3n3nnnc23)cc1. The number of benzene rings is 2. The standard InChI is InChI=1S/C17H14N4O3S/c1-12-6-8-15(9-7-12)25(22,23)24-11-14-10-13-4-2-3-5-16(13)21-17(14)18-19-20-21/h2-10H,11H2,1H3. The largest absolute Gasteiger partial charge is 0.297 e. The zero-order chi connectivity index (χ0) is 17.4. The second-order valence-corrected chi connectivity index (χ2v) is 7.29. The molecule has 126 valence electrons. The van der Waals surface area contributed by atoms with Crippen LogP contribution in [0.1, 0.15) is 11.1 Å². The predicted octanol–water partition coefficient (Wildman–Crippen LogP) is 2.49. The molecule has 0 fully saturated rings. The number of pyridine rings is 1. The number of hydrogen-bond donors (Lipinski definition) is 0. The van der Waals surface area contributed by atoms with Gasteiger partial charge in [-0.25, -0.2) is 0 Å². The van der Waals surface area contributed by atoms with Gasteiger partial charge in [0.2, 0.25) is 0 Å². The lowest BCUT2D eigenvalue weighted by Gasteiger charge is -2.08. The molecule has 0 aliphatic heterocycles. The molecular formula is C17H14N4O3S. The molecule has 0 saturated heterocycles. The summed E-state index contributed by atoms with van der Waals surface area (Å²) in [6.45, 7) is 1.74. The second-order valence-electron chi connectivity index (χ2n) is 5.67. The zero-order valence-corrected chi connectivity index (χ0v) is 14.1. The Labute approximate surface area is 144 Å². The van der Waals surface area contributed by atoms with Crippen LogP contribution in [-0.2, 0) is 20.9 Å². The van der Waals surface area contributed by atoms with Crippen molar-refractivity contribution in [2.75, 3.05) is 0 Å². The summed E-state index contributed by atoms with van der Waals surface area (Å²) in [7, 11) is -3.86. The number of hydrogen-bond acceptors (Lipinski definition) is 6. The number of aromatic nitrogens is 4. The number of tetrazole rings is 1. The van der Waals surface area contributed by atoms with Crippen LogP contribution >= 0.6 is 0 Å². The summed E-state index contributed by atoms with van der Waals surface area (Å²) >= 11 is 0. The van der Waals surface area contributed by atoms with Crippen LogP contribution in [0.3, 0.4) is 0 Å². The lowest BCUT2D eigenvalue weighted by Crippen LogP contribution is -2.07. The Morgan fingerprint density at radius 2 is 1.84 bits per heavy atom. The second kappa shape index (κ2) is 5.91. The molecule has 4 aromatic rings. The summed E-state index contributed by atoms with van der Waals surface area (Å²) in [5.74, 6) is 0. The normalized spacial score (nSPS) is 12.0. The fraction of sp³-hybridized carbons (Fsp3) is 0.118. The van der Waals surface area contributed by atoms with E-state index in [1.807, 2.05) is 37.3 Å². The Morgan fingerprint density at radius 3 is 2.64 bits per heavy atom. The average molecular weight is 354 g/mol. The third kappa shape index (κ3) is 2.86. The molecule has 2 aromatic carbocycles. The van der Waals surface area contributed by atoms with Gasteiger partial charge in [0, 0.05) is 10.9 Å². The van der Waals surface area contributed by atoms with Gasteiger partial charge in [-0.05, 0) is 41.6 Å². The van der Waals surface area contributed by atoms with Gasteiger partial charge in [-0.3, -0.25) is 4.18 Å². The van der Waals surface area contributed by atoms with Crippen LogP contribution in [0.4, 0.5) is 0 Å². The number of aryl methyl sites for hydroxylation is 1. The monoisotopic (exact) mass is 354 g/mol. The predicted molar refractivity (Wildman–Crippen MR) is 91.4 cm³/mol. The van der Waals surface area contributed by atoms with Crippen LogP contribution in [0.5, 0.6) is 0 Å². The molecule has 0 unspecified atom stereocenters. The van der Waals surface area contributed by atoms with E-state index in [9.17, 15) is 8.42 Å². The van der Waals surface area contributed by atoms with Crippen molar-refractivity contribution in [2.45, 2.75) is 18.4 Å². The zero-order valence-electron chi connectivity index (χ0n) is 13.3. The molecule has 0 amide bonds. The molecular weight excluding hydrogens is 340 g/mol. The highest BCUT2D eigenvalue weighted by molar-refractivity contribution is 7.86. The van der Waals surface area contributed by atoms with Crippen molar-refractivity contribution in [1.82, 2.24) is 20.0 Å². The number of rotatable bonds is 4. The van der Waals surface area contributed by atoms with Gasteiger partial charge in [-0.15, -0.1) is 5.10 Å². The minimum Gasteiger partial charge on any atom is -0.261 e. The lowest BCUT2D eigenvalue weighted by molar-refractivity contribution is 0.309. The van der Waals surface area contributed by atoms with Gasteiger partial charge in [-0.2, -0.15) is 12.9 Å². The number of para-hydroxylation sites is 1. The van der Waals surface area contributed by atoms with Crippen LogP contribution in [0.15, 0.2) is 59.5 Å². The summed E-state index contributed by atoms with van der Waals surface area (Å²) < 4.78 is 31.6. The maximum Gasteiger partial charge on any atom is 0.297 e. The molecule has 8 heteroatoms. The van der Waals surface area contributed by atoms with Gasteiger partial charge in [0.05, 0.1) is 17.0 Å².